The molecule has 0 fully saturated rings. The van der Waals surface area contributed by atoms with Gasteiger partial charge in [-0.1, -0.05) is 12.1 Å². The molecule has 1 aromatic heterocycles. The zero-order valence-electron chi connectivity index (χ0n) is 14.9. The Morgan fingerprint density at radius 2 is 1.80 bits per heavy atom. The number of carbonyl (C=O) groups is 1. The third-order valence-electron chi connectivity index (χ3n) is 4.23. The van der Waals surface area contributed by atoms with Crippen LogP contribution in [-0.2, 0) is 6.54 Å². The second kappa shape index (κ2) is 6.89. The van der Waals surface area contributed by atoms with Gasteiger partial charge in [-0.05, 0) is 54.8 Å². The summed E-state index contributed by atoms with van der Waals surface area (Å²) in [6.45, 7) is 4.51. The van der Waals surface area contributed by atoms with Crippen molar-refractivity contribution in [1.29, 1.82) is 0 Å². The Kier molecular flexibility index (Phi) is 4.65. The van der Waals surface area contributed by atoms with E-state index in [1.54, 1.807) is 14.2 Å². The van der Waals surface area contributed by atoms with Crippen LogP contribution >= 0.6 is 0 Å². The van der Waals surface area contributed by atoms with Crippen LogP contribution in [0.15, 0.2) is 36.4 Å². The average Bonchev–Trinajstić information content (AvgIpc) is 3.03. The van der Waals surface area contributed by atoms with Crippen molar-refractivity contribution in [3.05, 3.63) is 58.8 Å². The largest absolute Gasteiger partial charge is 0.493 e. The molecule has 130 valence electrons. The van der Waals surface area contributed by atoms with E-state index in [0.29, 0.717) is 23.7 Å². The van der Waals surface area contributed by atoms with Crippen LogP contribution in [0.3, 0.4) is 0 Å². The first-order valence-electron chi connectivity index (χ1n) is 8.11. The van der Waals surface area contributed by atoms with Crippen LogP contribution < -0.4 is 14.8 Å². The lowest BCUT2D eigenvalue weighted by Crippen LogP contribution is -2.23. The number of hydrogen-bond acceptors (Lipinski definition) is 3. The van der Waals surface area contributed by atoms with Crippen LogP contribution in [0.4, 0.5) is 0 Å². The molecule has 0 aliphatic carbocycles. The average molecular weight is 338 g/mol. The monoisotopic (exact) mass is 338 g/mol. The van der Waals surface area contributed by atoms with Crippen LogP contribution in [0.2, 0.25) is 0 Å². The van der Waals surface area contributed by atoms with Gasteiger partial charge in [0.25, 0.3) is 5.91 Å². The number of hydrogen-bond donors (Lipinski definition) is 2. The molecule has 3 rings (SSSR count). The number of amides is 1. The van der Waals surface area contributed by atoms with Crippen molar-refractivity contribution in [2.75, 3.05) is 14.2 Å². The topological polar surface area (TPSA) is 63.3 Å². The maximum absolute atomic E-state index is 12.5. The first-order chi connectivity index (χ1) is 12.0. The Labute approximate surface area is 147 Å². The molecule has 5 heteroatoms. The summed E-state index contributed by atoms with van der Waals surface area (Å²) in [6, 6.07) is 11.6. The highest BCUT2D eigenvalue weighted by Crippen LogP contribution is 2.27. The third-order valence-corrected chi connectivity index (χ3v) is 4.23. The smallest absolute Gasteiger partial charge is 0.267 e. The lowest BCUT2D eigenvalue weighted by atomic mass is 10.1. The molecule has 5 nitrogen and oxygen atoms in total. The van der Waals surface area contributed by atoms with Gasteiger partial charge < -0.3 is 19.8 Å². The van der Waals surface area contributed by atoms with Crippen molar-refractivity contribution >= 4 is 16.8 Å². The van der Waals surface area contributed by atoms with E-state index >= 15 is 0 Å². The minimum atomic E-state index is -0.136. The molecule has 25 heavy (non-hydrogen) atoms. The van der Waals surface area contributed by atoms with E-state index in [-0.39, 0.29) is 5.91 Å². The summed E-state index contributed by atoms with van der Waals surface area (Å²) in [7, 11) is 3.19. The molecule has 2 N–H and O–H groups in total. The van der Waals surface area contributed by atoms with Crippen molar-refractivity contribution in [3.63, 3.8) is 0 Å². The number of aromatic amines is 1. The van der Waals surface area contributed by atoms with E-state index < -0.39 is 0 Å². The number of H-pyrrole nitrogens is 1. The van der Waals surface area contributed by atoms with Crippen LogP contribution in [0, 0.1) is 13.8 Å². The van der Waals surface area contributed by atoms with Crippen molar-refractivity contribution < 1.29 is 14.3 Å². The number of nitrogens with one attached hydrogen (secondary N) is 2. The normalized spacial score (nSPS) is 10.7. The summed E-state index contributed by atoms with van der Waals surface area (Å²) in [5.74, 6) is 1.17. The molecule has 0 atom stereocenters. The molecule has 1 amide bonds. The summed E-state index contributed by atoms with van der Waals surface area (Å²) >= 11 is 0. The van der Waals surface area contributed by atoms with Gasteiger partial charge in [-0.2, -0.15) is 0 Å². The SMILES string of the molecule is COc1ccc(CNC(=O)c2cc3c(C)cc(C)cc3[nH]2)cc1OC. The van der Waals surface area contributed by atoms with Crippen molar-refractivity contribution in [3.8, 4) is 11.5 Å². The Morgan fingerprint density at radius 1 is 1.04 bits per heavy atom. The fraction of sp³-hybridized carbons (Fsp3) is 0.250. The predicted octanol–water partition coefficient (Wildman–Crippen LogP) is 3.73. The summed E-state index contributed by atoms with van der Waals surface area (Å²) in [6.07, 6.45) is 0. The fourth-order valence-corrected chi connectivity index (χ4v) is 2.99. The van der Waals surface area contributed by atoms with Gasteiger partial charge in [0.1, 0.15) is 5.69 Å². The molecule has 0 saturated heterocycles. The number of fused-ring (bicyclic) bond motifs is 1. The molecule has 0 saturated carbocycles. The molecule has 0 aliphatic rings. The molecule has 2 aromatic carbocycles. The second-order valence-electron chi connectivity index (χ2n) is 6.10. The molecule has 0 bridgehead atoms. The van der Waals surface area contributed by atoms with Gasteiger partial charge in [0.15, 0.2) is 11.5 Å². The van der Waals surface area contributed by atoms with Crippen molar-refractivity contribution in [1.82, 2.24) is 10.3 Å². The van der Waals surface area contributed by atoms with E-state index in [9.17, 15) is 4.79 Å². The van der Waals surface area contributed by atoms with Gasteiger partial charge >= 0.3 is 0 Å². The standard InChI is InChI=1S/C20H22N2O3/c1-12-7-13(2)15-10-17(22-16(15)8-12)20(23)21-11-14-5-6-18(24-3)19(9-14)25-4/h5-10,22H,11H2,1-4H3,(H,21,23). The van der Waals surface area contributed by atoms with Crippen molar-refractivity contribution in [2.24, 2.45) is 0 Å². The van der Waals surface area contributed by atoms with E-state index in [1.807, 2.05) is 37.3 Å². The number of rotatable bonds is 5. The second-order valence-corrected chi connectivity index (χ2v) is 6.10. The number of aryl methyl sites for hydroxylation is 2. The highest BCUT2D eigenvalue weighted by molar-refractivity contribution is 5.98. The van der Waals surface area contributed by atoms with Gasteiger partial charge in [-0.15, -0.1) is 0 Å². The van der Waals surface area contributed by atoms with Crippen LogP contribution in [0.1, 0.15) is 27.2 Å². The summed E-state index contributed by atoms with van der Waals surface area (Å²) in [4.78, 5) is 15.7. The van der Waals surface area contributed by atoms with Gasteiger partial charge in [-0.25, -0.2) is 0 Å². The van der Waals surface area contributed by atoms with E-state index in [0.717, 1.165) is 22.0 Å². The first-order valence-corrected chi connectivity index (χ1v) is 8.11. The molecular weight excluding hydrogens is 316 g/mol. The summed E-state index contributed by atoms with van der Waals surface area (Å²) in [5.41, 5.74) is 4.81. The number of methoxy groups -OCH3 is 2. The Bertz CT molecular complexity index is 928. The Morgan fingerprint density at radius 3 is 2.52 bits per heavy atom. The molecule has 0 aliphatic heterocycles. The predicted molar refractivity (Wildman–Crippen MR) is 98.5 cm³/mol. The molecule has 0 spiro atoms. The van der Waals surface area contributed by atoms with E-state index in [4.69, 9.17) is 9.47 Å². The maximum Gasteiger partial charge on any atom is 0.267 e. The summed E-state index contributed by atoms with van der Waals surface area (Å²) in [5, 5.41) is 4.00. The van der Waals surface area contributed by atoms with Crippen LogP contribution in [0.5, 0.6) is 11.5 Å². The highest BCUT2D eigenvalue weighted by Gasteiger charge is 2.12. The maximum atomic E-state index is 12.5. The lowest BCUT2D eigenvalue weighted by Gasteiger charge is -2.10. The molecule has 0 unspecified atom stereocenters. The number of carbonyl (C=O) groups excluding carboxylic acids is 1. The van der Waals surface area contributed by atoms with Crippen LogP contribution in [0.25, 0.3) is 10.9 Å². The van der Waals surface area contributed by atoms with Crippen LogP contribution in [-0.4, -0.2) is 25.1 Å². The number of ether oxygens (including phenoxy) is 2. The quantitative estimate of drug-likeness (QED) is 0.745. The molecule has 3 aromatic rings. The van der Waals surface area contributed by atoms with E-state index in [1.165, 1.54) is 5.56 Å². The fourth-order valence-electron chi connectivity index (χ4n) is 2.99. The zero-order chi connectivity index (χ0) is 18.0. The van der Waals surface area contributed by atoms with Crippen molar-refractivity contribution in [2.45, 2.75) is 20.4 Å². The number of benzene rings is 2. The zero-order valence-corrected chi connectivity index (χ0v) is 14.9. The molecule has 1 heterocycles. The Balaban J connectivity index is 1.76. The molecule has 0 radical (unpaired) electrons. The summed E-state index contributed by atoms with van der Waals surface area (Å²) < 4.78 is 10.5. The number of aromatic nitrogens is 1. The van der Waals surface area contributed by atoms with Gasteiger partial charge in [0, 0.05) is 17.4 Å². The van der Waals surface area contributed by atoms with Gasteiger partial charge in [0.05, 0.1) is 14.2 Å². The first kappa shape index (κ1) is 16.9. The minimum Gasteiger partial charge on any atom is -0.493 e. The van der Waals surface area contributed by atoms with Gasteiger partial charge in [-0.3, -0.25) is 4.79 Å². The highest BCUT2D eigenvalue weighted by atomic mass is 16.5. The minimum absolute atomic E-state index is 0.136. The molecular formula is C20H22N2O3. The lowest BCUT2D eigenvalue weighted by molar-refractivity contribution is 0.0946. The van der Waals surface area contributed by atoms with E-state index in [2.05, 4.69) is 23.3 Å². The van der Waals surface area contributed by atoms with Gasteiger partial charge in [0.2, 0.25) is 0 Å². The Hall–Kier alpha value is -2.95. The third kappa shape index (κ3) is 3.45.